The first-order valence-electron chi connectivity index (χ1n) is 9.04. The summed E-state index contributed by atoms with van der Waals surface area (Å²) in [5, 5.41) is 0. The Labute approximate surface area is 169 Å². The van der Waals surface area contributed by atoms with Crippen LogP contribution in [0.2, 0.25) is 0 Å². The molecule has 0 unspecified atom stereocenters. The van der Waals surface area contributed by atoms with Crippen LogP contribution in [0.3, 0.4) is 0 Å². The van der Waals surface area contributed by atoms with Crippen LogP contribution in [0.15, 0.2) is 53.4 Å². The number of nitrogens with zero attached hydrogens (tertiary/aromatic N) is 2. The van der Waals surface area contributed by atoms with Crippen LogP contribution in [0.5, 0.6) is 11.5 Å². The minimum Gasteiger partial charge on any atom is -0.493 e. The highest BCUT2D eigenvalue weighted by Crippen LogP contribution is 2.27. The molecule has 0 spiro atoms. The first-order valence-corrected chi connectivity index (χ1v) is 10.5. The van der Waals surface area contributed by atoms with Crippen LogP contribution in [0.4, 0.5) is 0 Å². The molecule has 1 fully saturated rings. The Hall–Kier alpha value is -2.91. The lowest BCUT2D eigenvalue weighted by atomic mass is 10.2. The summed E-state index contributed by atoms with van der Waals surface area (Å²) in [6.07, 6.45) is 0.681. The number of ether oxygens (including phenoxy) is 2. The number of methoxy groups -OCH3 is 1. The molecule has 9 heteroatoms. The molecule has 0 aromatic heterocycles. The minimum atomic E-state index is -3.57. The van der Waals surface area contributed by atoms with Crippen LogP contribution in [-0.2, 0) is 14.8 Å². The number of carbonyl (C=O) groups is 2. The van der Waals surface area contributed by atoms with Crippen molar-refractivity contribution in [2.45, 2.75) is 4.90 Å². The molecule has 2 aromatic rings. The van der Waals surface area contributed by atoms with E-state index in [0.717, 1.165) is 0 Å². The molecule has 8 nitrogen and oxygen atoms in total. The standard InChI is InChI=1S/C20H22N2O6S/c1-27-18-8-7-16(14-23)13-19(18)28-15-20(24)21-9-11-22(12-10-21)29(25,26)17-5-3-2-4-6-17/h2-8,13-14H,9-12,15H2,1H3. The number of rotatable bonds is 7. The molecular weight excluding hydrogens is 396 g/mol. The number of sulfonamides is 1. The summed E-state index contributed by atoms with van der Waals surface area (Å²) < 4.78 is 37.4. The number of amides is 1. The Morgan fingerprint density at radius 2 is 1.72 bits per heavy atom. The monoisotopic (exact) mass is 418 g/mol. The van der Waals surface area contributed by atoms with Gasteiger partial charge in [-0.1, -0.05) is 18.2 Å². The number of benzene rings is 2. The average molecular weight is 418 g/mol. The maximum absolute atomic E-state index is 12.7. The van der Waals surface area contributed by atoms with Crippen molar-refractivity contribution in [3.63, 3.8) is 0 Å². The normalized spacial score (nSPS) is 15.0. The van der Waals surface area contributed by atoms with E-state index in [2.05, 4.69) is 0 Å². The van der Waals surface area contributed by atoms with Gasteiger partial charge >= 0.3 is 0 Å². The molecule has 0 N–H and O–H groups in total. The molecule has 29 heavy (non-hydrogen) atoms. The van der Waals surface area contributed by atoms with Crippen molar-refractivity contribution in [2.75, 3.05) is 39.9 Å². The summed E-state index contributed by atoms with van der Waals surface area (Å²) in [7, 11) is -2.10. The molecule has 0 saturated carbocycles. The van der Waals surface area contributed by atoms with Gasteiger partial charge in [0.2, 0.25) is 10.0 Å². The molecule has 2 aromatic carbocycles. The Morgan fingerprint density at radius 3 is 2.34 bits per heavy atom. The van der Waals surface area contributed by atoms with E-state index in [4.69, 9.17) is 9.47 Å². The highest BCUT2D eigenvalue weighted by Gasteiger charge is 2.30. The largest absolute Gasteiger partial charge is 0.493 e. The number of hydrogen-bond donors (Lipinski definition) is 0. The fourth-order valence-electron chi connectivity index (χ4n) is 3.03. The summed E-state index contributed by atoms with van der Waals surface area (Å²) in [4.78, 5) is 25.2. The fourth-order valence-corrected chi connectivity index (χ4v) is 4.47. The summed E-state index contributed by atoms with van der Waals surface area (Å²) in [6.45, 7) is 0.753. The van der Waals surface area contributed by atoms with E-state index in [1.807, 2.05) is 0 Å². The summed E-state index contributed by atoms with van der Waals surface area (Å²) in [6, 6.07) is 12.9. The summed E-state index contributed by atoms with van der Waals surface area (Å²) in [5.74, 6) is 0.457. The van der Waals surface area contributed by atoms with Crippen LogP contribution in [0, 0.1) is 0 Å². The van der Waals surface area contributed by atoms with Crippen molar-refractivity contribution in [3.8, 4) is 11.5 Å². The van der Waals surface area contributed by atoms with Crippen LogP contribution in [0.25, 0.3) is 0 Å². The van der Waals surface area contributed by atoms with Gasteiger partial charge in [0.25, 0.3) is 5.91 Å². The van der Waals surface area contributed by atoms with Gasteiger partial charge in [0.1, 0.15) is 6.29 Å². The van der Waals surface area contributed by atoms with Gasteiger partial charge in [0, 0.05) is 31.7 Å². The second-order valence-electron chi connectivity index (χ2n) is 6.41. The zero-order valence-corrected chi connectivity index (χ0v) is 16.8. The zero-order valence-electron chi connectivity index (χ0n) is 16.0. The number of aldehydes is 1. The van der Waals surface area contributed by atoms with Crippen molar-refractivity contribution >= 4 is 22.2 Å². The Balaban J connectivity index is 1.58. The maximum atomic E-state index is 12.7. The number of hydrogen-bond acceptors (Lipinski definition) is 6. The van der Waals surface area contributed by atoms with E-state index in [1.165, 1.54) is 17.5 Å². The molecular formula is C20H22N2O6S. The first-order chi connectivity index (χ1) is 14.0. The summed E-state index contributed by atoms with van der Waals surface area (Å²) in [5.41, 5.74) is 0.410. The zero-order chi connectivity index (χ0) is 20.9. The van der Waals surface area contributed by atoms with Gasteiger partial charge in [0.15, 0.2) is 18.1 Å². The lowest BCUT2D eigenvalue weighted by molar-refractivity contribution is -0.134. The molecule has 1 amide bonds. The highest BCUT2D eigenvalue weighted by atomic mass is 32.2. The van der Waals surface area contributed by atoms with Crippen LogP contribution >= 0.6 is 0 Å². The minimum absolute atomic E-state index is 0.215. The molecule has 0 atom stereocenters. The van der Waals surface area contributed by atoms with Crippen molar-refractivity contribution in [1.82, 2.24) is 9.21 Å². The molecule has 0 aliphatic carbocycles. The molecule has 0 bridgehead atoms. The third-order valence-corrected chi connectivity index (χ3v) is 6.56. The van der Waals surface area contributed by atoms with E-state index in [0.29, 0.717) is 23.3 Å². The fraction of sp³-hybridized carbons (Fsp3) is 0.300. The van der Waals surface area contributed by atoms with E-state index in [9.17, 15) is 18.0 Å². The summed E-state index contributed by atoms with van der Waals surface area (Å²) >= 11 is 0. The predicted molar refractivity (Wildman–Crippen MR) is 106 cm³/mol. The topological polar surface area (TPSA) is 93.2 Å². The van der Waals surface area contributed by atoms with Gasteiger partial charge in [0.05, 0.1) is 12.0 Å². The predicted octanol–water partition coefficient (Wildman–Crippen LogP) is 1.42. The van der Waals surface area contributed by atoms with Crippen LogP contribution in [-0.4, -0.2) is 69.7 Å². The quantitative estimate of drug-likeness (QED) is 0.632. The van der Waals surface area contributed by atoms with Gasteiger partial charge in [-0.15, -0.1) is 0 Å². The van der Waals surface area contributed by atoms with Gasteiger partial charge in [-0.2, -0.15) is 4.31 Å². The third-order valence-electron chi connectivity index (χ3n) is 4.65. The maximum Gasteiger partial charge on any atom is 0.260 e. The lowest BCUT2D eigenvalue weighted by Crippen LogP contribution is -2.51. The molecule has 154 valence electrons. The average Bonchev–Trinajstić information content (AvgIpc) is 2.77. The molecule has 1 aliphatic rings. The molecule has 1 aliphatic heterocycles. The van der Waals surface area contributed by atoms with E-state index in [1.54, 1.807) is 47.4 Å². The molecule has 3 rings (SSSR count). The van der Waals surface area contributed by atoms with Crippen molar-refractivity contribution in [3.05, 3.63) is 54.1 Å². The second kappa shape index (κ2) is 9.06. The molecule has 0 radical (unpaired) electrons. The third kappa shape index (κ3) is 4.75. The molecule has 1 heterocycles. The second-order valence-corrected chi connectivity index (χ2v) is 8.35. The van der Waals surface area contributed by atoms with Crippen molar-refractivity contribution < 1.29 is 27.5 Å². The van der Waals surface area contributed by atoms with Gasteiger partial charge in [-0.3, -0.25) is 9.59 Å². The Morgan fingerprint density at radius 1 is 1.03 bits per heavy atom. The van der Waals surface area contributed by atoms with Crippen LogP contribution in [0.1, 0.15) is 10.4 Å². The number of piperazine rings is 1. The van der Waals surface area contributed by atoms with Gasteiger partial charge in [-0.25, -0.2) is 8.42 Å². The highest BCUT2D eigenvalue weighted by molar-refractivity contribution is 7.89. The van der Waals surface area contributed by atoms with Crippen molar-refractivity contribution in [2.24, 2.45) is 0 Å². The lowest BCUT2D eigenvalue weighted by Gasteiger charge is -2.34. The Bertz CT molecular complexity index is 970. The van der Waals surface area contributed by atoms with Gasteiger partial charge in [-0.05, 0) is 30.3 Å². The SMILES string of the molecule is COc1ccc(C=O)cc1OCC(=O)N1CCN(S(=O)(=O)c2ccccc2)CC1. The van der Waals surface area contributed by atoms with Crippen molar-refractivity contribution in [1.29, 1.82) is 0 Å². The van der Waals surface area contributed by atoms with E-state index >= 15 is 0 Å². The van der Waals surface area contributed by atoms with E-state index < -0.39 is 10.0 Å². The smallest absolute Gasteiger partial charge is 0.260 e. The Kier molecular flexibility index (Phi) is 6.50. The first kappa shape index (κ1) is 20.8. The number of carbonyl (C=O) groups excluding carboxylic acids is 2. The van der Waals surface area contributed by atoms with E-state index in [-0.39, 0.29) is 43.6 Å². The molecule has 1 saturated heterocycles. The van der Waals surface area contributed by atoms with Crippen LogP contribution < -0.4 is 9.47 Å². The van der Waals surface area contributed by atoms with Gasteiger partial charge < -0.3 is 14.4 Å².